The van der Waals surface area contributed by atoms with Crippen LogP contribution in [0.2, 0.25) is 0 Å². The minimum Gasteiger partial charge on any atom is -0.493 e. The Balaban J connectivity index is 2.23. The molecule has 0 spiro atoms. The molecule has 0 atom stereocenters. The van der Waals surface area contributed by atoms with Gasteiger partial charge in [-0.25, -0.2) is 4.39 Å². The van der Waals surface area contributed by atoms with Gasteiger partial charge in [0.05, 0.1) is 24.8 Å². The number of methoxy groups -OCH3 is 1. The number of allylic oxidation sites excluding steroid dienone is 4. The summed E-state index contributed by atoms with van der Waals surface area (Å²) in [5.74, 6) is -2.15. The van der Waals surface area contributed by atoms with Crippen LogP contribution in [-0.4, -0.2) is 29.7 Å². The van der Waals surface area contributed by atoms with Crippen molar-refractivity contribution in [3.05, 3.63) is 55.9 Å². The predicted octanol–water partition coefficient (Wildman–Crippen LogP) is 3.97. The van der Waals surface area contributed by atoms with E-state index in [0.29, 0.717) is 28.1 Å². The molecule has 0 fully saturated rings. The Bertz CT molecular complexity index is 917. The van der Waals surface area contributed by atoms with Crippen LogP contribution in [-0.2, 0) is 9.53 Å². The standard InChI is InChI=1S/C18H16FNO4S/c1-8-4-10(7-25-8)17(23)16-15-11(5-14(21)22)9(2)20-13(15)6-12(19)18(16)24-3/h4,7H,5-6H2,1-3H3,(H,21,22). The third-order valence-corrected chi connectivity index (χ3v) is 4.99. The van der Waals surface area contributed by atoms with Crippen molar-refractivity contribution < 1.29 is 23.8 Å². The van der Waals surface area contributed by atoms with Crippen LogP contribution in [0.1, 0.15) is 35.0 Å². The van der Waals surface area contributed by atoms with Crippen LogP contribution in [0.3, 0.4) is 0 Å². The molecule has 3 rings (SSSR count). The molecule has 25 heavy (non-hydrogen) atoms. The first-order valence-corrected chi connectivity index (χ1v) is 8.48. The molecule has 0 amide bonds. The molecule has 1 N–H and O–H groups in total. The van der Waals surface area contributed by atoms with Crippen molar-refractivity contribution in [2.45, 2.75) is 26.7 Å². The zero-order valence-corrected chi connectivity index (χ0v) is 14.8. The monoisotopic (exact) mass is 361 g/mol. The smallest absolute Gasteiger partial charge is 0.307 e. The van der Waals surface area contributed by atoms with E-state index >= 15 is 0 Å². The average molecular weight is 361 g/mol. The third kappa shape index (κ3) is 2.95. The number of Topliss-reactive ketones (excluding diaryl/α,β-unsaturated/α-hetero) is 1. The molecule has 1 aromatic heterocycles. The zero-order valence-electron chi connectivity index (χ0n) is 14.0. The first-order valence-electron chi connectivity index (χ1n) is 7.60. The molecule has 0 saturated carbocycles. The molecule has 2 aliphatic rings. The van der Waals surface area contributed by atoms with Crippen LogP contribution in [0.25, 0.3) is 0 Å². The number of carbonyl (C=O) groups is 2. The molecule has 1 aliphatic heterocycles. The summed E-state index contributed by atoms with van der Waals surface area (Å²) in [5.41, 5.74) is 2.17. The summed E-state index contributed by atoms with van der Waals surface area (Å²) < 4.78 is 19.7. The Morgan fingerprint density at radius 3 is 2.68 bits per heavy atom. The molecular weight excluding hydrogens is 345 g/mol. The van der Waals surface area contributed by atoms with Gasteiger partial charge in [-0.05, 0) is 25.5 Å². The molecule has 0 unspecified atom stereocenters. The maximum Gasteiger partial charge on any atom is 0.307 e. The number of halogens is 1. The van der Waals surface area contributed by atoms with Gasteiger partial charge in [-0.3, -0.25) is 14.6 Å². The minimum absolute atomic E-state index is 0.0518. The van der Waals surface area contributed by atoms with Gasteiger partial charge in [0.1, 0.15) is 5.83 Å². The number of nitrogens with zero attached hydrogens (tertiary/aromatic N) is 1. The second kappa shape index (κ2) is 6.40. The highest BCUT2D eigenvalue weighted by Crippen LogP contribution is 2.41. The second-order valence-corrected chi connectivity index (χ2v) is 6.95. The molecule has 0 saturated heterocycles. The van der Waals surface area contributed by atoms with E-state index in [1.54, 1.807) is 18.4 Å². The van der Waals surface area contributed by atoms with E-state index in [-0.39, 0.29) is 24.2 Å². The Morgan fingerprint density at radius 2 is 2.12 bits per heavy atom. The van der Waals surface area contributed by atoms with E-state index in [9.17, 15) is 19.1 Å². The third-order valence-electron chi connectivity index (χ3n) is 4.13. The topological polar surface area (TPSA) is 76.0 Å². The lowest BCUT2D eigenvalue weighted by Crippen LogP contribution is -2.21. The van der Waals surface area contributed by atoms with E-state index in [4.69, 9.17) is 4.74 Å². The van der Waals surface area contributed by atoms with Crippen molar-refractivity contribution in [3.63, 3.8) is 0 Å². The molecule has 1 aliphatic carbocycles. The fourth-order valence-corrected chi connectivity index (χ4v) is 3.77. The highest BCUT2D eigenvalue weighted by molar-refractivity contribution is 7.10. The van der Waals surface area contributed by atoms with Crippen LogP contribution >= 0.6 is 11.3 Å². The first-order chi connectivity index (χ1) is 11.8. The van der Waals surface area contributed by atoms with E-state index in [2.05, 4.69) is 4.99 Å². The van der Waals surface area contributed by atoms with Gasteiger partial charge in [0.15, 0.2) is 11.5 Å². The van der Waals surface area contributed by atoms with Gasteiger partial charge in [0.2, 0.25) is 0 Å². The second-order valence-electron chi connectivity index (χ2n) is 5.83. The van der Waals surface area contributed by atoms with Gasteiger partial charge in [-0.2, -0.15) is 0 Å². The van der Waals surface area contributed by atoms with E-state index in [1.165, 1.54) is 18.4 Å². The largest absolute Gasteiger partial charge is 0.493 e. The number of ketones is 1. The molecule has 0 bridgehead atoms. The summed E-state index contributed by atoms with van der Waals surface area (Å²) in [6.07, 6.45) is -0.398. The number of carboxylic acids is 1. The number of carboxylic acid groups (broad SMARTS) is 1. The van der Waals surface area contributed by atoms with E-state index in [0.717, 1.165) is 4.88 Å². The summed E-state index contributed by atoms with van der Waals surface area (Å²) in [5, 5.41) is 10.9. The normalized spacial score (nSPS) is 17.0. The number of aryl methyl sites for hydroxylation is 1. The summed E-state index contributed by atoms with van der Waals surface area (Å²) in [6, 6.07) is 1.72. The number of hydrogen-bond acceptors (Lipinski definition) is 5. The van der Waals surface area contributed by atoms with Crippen LogP contribution in [0.15, 0.2) is 50.4 Å². The van der Waals surface area contributed by atoms with Crippen molar-refractivity contribution in [3.8, 4) is 0 Å². The van der Waals surface area contributed by atoms with Crippen molar-refractivity contribution in [2.24, 2.45) is 4.99 Å². The molecule has 0 radical (unpaired) electrons. The van der Waals surface area contributed by atoms with Crippen molar-refractivity contribution >= 4 is 28.8 Å². The fourth-order valence-electron chi connectivity index (χ4n) is 3.08. The Morgan fingerprint density at radius 1 is 1.40 bits per heavy atom. The number of hydrogen-bond donors (Lipinski definition) is 1. The number of rotatable bonds is 5. The molecule has 0 aromatic carbocycles. The van der Waals surface area contributed by atoms with Gasteiger partial charge in [-0.1, -0.05) is 0 Å². The highest BCUT2D eigenvalue weighted by atomic mass is 32.1. The predicted molar refractivity (Wildman–Crippen MR) is 92.6 cm³/mol. The maximum absolute atomic E-state index is 14.5. The van der Waals surface area contributed by atoms with Crippen molar-refractivity contribution in [1.29, 1.82) is 0 Å². The number of carbonyl (C=O) groups excluding carboxylic acids is 1. The summed E-state index contributed by atoms with van der Waals surface area (Å²) >= 11 is 1.41. The summed E-state index contributed by atoms with van der Waals surface area (Å²) in [6.45, 7) is 3.54. The molecule has 1 aromatic rings. The van der Waals surface area contributed by atoms with Crippen LogP contribution < -0.4 is 0 Å². The highest BCUT2D eigenvalue weighted by Gasteiger charge is 2.37. The zero-order chi connectivity index (χ0) is 18.3. The lowest BCUT2D eigenvalue weighted by Gasteiger charge is -2.21. The fraction of sp³-hybridized carbons (Fsp3) is 0.278. The van der Waals surface area contributed by atoms with Crippen LogP contribution in [0.5, 0.6) is 0 Å². The first kappa shape index (κ1) is 17.3. The number of aliphatic carboxylic acids is 1. The molecular formula is C18H16FNO4S. The van der Waals surface area contributed by atoms with E-state index < -0.39 is 17.6 Å². The van der Waals surface area contributed by atoms with Crippen molar-refractivity contribution in [2.75, 3.05) is 7.11 Å². The Labute approximate surface area is 147 Å². The maximum atomic E-state index is 14.5. The summed E-state index contributed by atoms with van der Waals surface area (Å²) in [4.78, 5) is 29.5. The molecule has 5 nitrogen and oxygen atoms in total. The van der Waals surface area contributed by atoms with Gasteiger partial charge in [-0.15, -0.1) is 11.3 Å². The van der Waals surface area contributed by atoms with E-state index in [1.807, 2.05) is 6.92 Å². The SMILES string of the molecule is COC1=C(F)CC2=NC(C)=C(CC(=O)O)C2=C1C(=O)c1csc(C)c1. The Kier molecular flexibility index (Phi) is 4.43. The van der Waals surface area contributed by atoms with Crippen LogP contribution in [0.4, 0.5) is 4.39 Å². The lowest BCUT2D eigenvalue weighted by atomic mass is 9.84. The number of fused-ring (bicyclic) bond motifs is 1. The molecule has 130 valence electrons. The Hall–Kier alpha value is -2.54. The number of thiophene rings is 1. The minimum atomic E-state index is -1.04. The van der Waals surface area contributed by atoms with Gasteiger partial charge >= 0.3 is 5.97 Å². The van der Waals surface area contributed by atoms with Crippen LogP contribution in [0, 0.1) is 6.92 Å². The lowest BCUT2D eigenvalue weighted by molar-refractivity contribution is -0.136. The molecule has 2 heterocycles. The molecule has 7 heteroatoms. The quantitative estimate of drug-likeness (QED) is 0.805. The van der Waals surface area contributed by atoms with Crippen molar-refractivity contribution in [1.82, 2.24) is 0 Å². The average Bonchev–Trinajstić information content (AvgIpc) is 3.09. The summed E-state index contributed by atoms with van der Waals surface area (Å²) in [7, 11) is 1.30. The van der Waals surface area contributed by atoms with Gasteiger partial charge in [0, 0.05) is 33.5 Å². The number of aliphatic imine (C=N–C) groups is 1. The van der Waals surface area contributed by atoms with Gasteiger partial charge in [0.25, 0.3) is 0 Å². The van der Waals surface area contributed by atoms with Gasteiger partial charge < -0.3 is 9.84 Å². The number of ether oxygens (including phenoxy) is 1.